The lowest BCUT2D eigenvalue weighted by molar-refractivity contribution is -0.117. The predicted octanol–water partition coefficient (Wildman–Crippen LogP) is 3.53. The summed E-state index contributed by atoms with van der Waals surface area (Å²) in [6.45, 7) is 4.00. The molecular formula is C15H19Cl2NO2. The third kappa shape index (κ3) is 5.95. The molecule has 1 unspecified atom stereocenters. The Bertz CT molecular complexity index is 487. The molecule has 0 aliphatic carbocycles. The average Bonchev–Trinajstić information content (AvgIpc) is 2.38. The number of benzene rings is 1. The molecule has 0 heterocycles. The third-order valence-corrected chi connectivity index (χ3v) is 3.27. The van der Waals surface area contributed by atoms with E-state index >= 15 is 0 Å². The van der Waals surface area contributed by atoms with Gasteiger partial charge in [0, 0.05) is 16.1 Å². The Morgan fingerprint density at radius 1 is 1.40 bits per heavy atom. The van der Waals surface area contributed by atoms with Crippen LogP contribution in [0.1, 0.15) is 25.8 Å². The van der Waals surface area contributed by atoms with Gasteiger partial charge in [-0.15, -0.1) is 0 Å². The Balaban J connectivity index is 2.65. The first kappa shape index (κ1) is 17.0. The van der Waals surface area contributed by atoms with Gasteiger partial charge >= 0.3 is 0 Å². The van der Waals surface area contributed by atoms with E-state index in [1.54, 1.807) is 24.3 Å². The SMILES string of the molecule is CC(C)CC(CO)NC(=O)C=Cc1cc(Cl)ccc1Cl. The summed E-state index contributed by atoms with van der Waals surface area (Å²) in [5.74, 6) is 0.138. The Hall–Kier alpha value is -1.03. The normalized spacial score (nSPS) is 12.9. The third-order valence-electron chi connectivity index (χ3n) is 2.70. The van der Waals surface area contributed by atoms with E-state index in [0.717, 1.165) is 6.42 Å². The fraction of sp³-hybridized carbons (Fsp3) is 0.400. The maximum atomic E-state index is 11.8. The average molecular weight is 316 g/mol. The Kier molecular flexibility index (Phi) is 7.06. The van der Waals surface area contributed by atoms with E-state index in [1.807, 2.05) is 13.8 Å². The Morgan fingerprint density at radius 3 is 2.70 bits per heavy atom. The smallest absolute Gasteiger partial charge is 0.244 e. The van der Waals surface area contributed by atoms with Gasteiger partial charge in [0.1, 0.15) is 0 Å². The van der Waals surface area contributed by atoms with Gasteiger partial charge in [0.05, 0.1) is 12.6 Å². The summed E-state index contributed by atoms with van der Waals surface area (Å²) in [7, 11) is 0. The van der Waals surface area contributed by atoms with Crippen LogP contribution in [0.15, 0.2) is 24.3 Å². The van der Waals surface area contributed by atoms with Crippen LogP contribution in [0.4, 0.5) is 0 Å². The fourth-order valence-corrected chi connectivity index (χ4v) is 2.17. The lowest BCUT2D eigenvalue weighted by Gasteiger charge is -2.17. The quantitative estimate of drug-likeness (QED) is 0.789. The van der Waals surface area contributed by atoms with Crippen molar-refractivity contribution in [1.29, 1.82) is 0 Å². The summed E-state index contributed by atoms with van der Waals surface area (Å²) in [5, 5.41) is 13.0. The maximum Gasteiger partial charge on any atom is 0.244 e. The van der Waals surface area contributed by atoms with Crippen LogP contribution in [0, 0.1) is 5.92 Å². The molecule has 20 heavy (non-hydrogen) atoms. The largest absolute Gasteiger partial charge is 0.394 e. The molecule has 0 aliphatic heterocycles. The van der Waals surface area contributed by atoms with Crippen molar-refractivity contribution in [3.63, 3.8) is 0 Å². The Morgan fingerprint density at radius 2 is 2.10 bits per heavy atom. The summed E-state index contributed by atoms with van der Waals surface area (Å²) in [5.41, 5.74) is 0.679. The number of nitrogens with one attached hydrogen (secondary N) is 1. The minimum atomic E-state index is -0.263. The van der Waals surface area contributed by atoms with Crippen LogP contribution >= 0.6 is 23.2 Å². The molecule has 5 heteroatoms. The molecule has 0 radical (unpaired) electrons. The molecule has 1 aromatic carbocycles. The number of carbonyl (C=O) groups excluding carboxylic acids is 1. The molecule has 110 valence electrons. The molecule has 0 aliphatic rings. The first-order chi connectivity index (χ1) is 9.42. The zero-order chi connectivity index (χ0) is 15.1. The van der Waals surface area contributed by atoms with E-state index in [9.17, 15) is 9.90 Å². The van der Waals surface area contributed by atoms with E-state index in [2.05, 4.69) is 5.32 Å². The van der Waals surface area contributed by atoms with Gasteiger partial charge in [-0.2, -0.15) is 0 Å². The van der Waals surface area contributed by atoms with Gasteiger partial charge in [0.25, 0.3) is 0 Å². The topological polar surface area (TPSA) is 49.3 Å². The van der Waals surface area contributed by atoms with Gasteiger partial charge in [-0.3, -0.25) is 4.79 Å². The van der Waals surface area contributed by atoms with Crippen LogP contribution in [0.2, 0.25) is 10.0 Å². The molecule has 0 aromatic heterocycles. The second kappa shape index (κ2) is 8.30. The molecule has 0 spiro atoms. The highest BCUT2D eigenvalue weighted by Crippen LogP contribution is 2.21. The summed E-state index contributed by atoms with van der Waals surface area (Å²) in [6, 6.07) is 4.82. The van der Waals surface area contributed by atoms with Crippen LogP contribution < -0.4 is 5.32 Å². The Labute approximate surface area is 129 Å². The second-order valence-electron chi connectivity index (χ2n) is 5.02. The predicted molar refractivity (Wildman–Crippen MR) is 84.0 cm³/mol. The number of hydrogen-bond donors (Lipinski definition) is 2. The maximum absolute atomic E-state index is 11.8. The summed E-state index contributed by atoms with van der Waals surface area (Å²) >= 11 is 11.9. The molecule has 1 aromatic rings. The molecule has 1 amide bonds. The zero-order valence-corrected chi connectivity index (χ0v) is 13.1. The molecule has 3 nitrogen and oxygen atoms in total. The summed E-state index contributed by atoms with van der Waals surface area (Å²) in [6.07, 6.45) is 3.72. The molecule has 2 N–H and O–H groups in total. The molecule has 0 saturated heterocycles. The van der Waals surface area contributed by atoms with Crippen molar-refractivity contribution >= 4 is 35.2 Å². The van der Waals surface area contributed by atoms with Crippen LogP contribution in [-0.2, 0) is 4.79 Å². The summed E-state index contributed by atoms with van der Waals surface area (Å²) < 4.78 is 0. The van der Waals surface area contributed by atoms with E-state index < -0.39 is 0 Å². The van der Waals surface area contributed by atoms with Gasteiger partial charge in [-0.05, 0) is 42.2 Å². The number of aliphatic hydroxyl groups is 1. The first-order valence-corrected chi connectivity index (χ1v) is 7.22. The molecule has 1 atom stereocenters. The van der Waals surface area contributed by atoms with Crippen LogP contribution in [0.3, 0.4) is 0 Å². The van der Waals surface area contributed by atoms with E-state index in [0.29, 0.717) is 21.5 Å². The molecular weight excluding hydrogens is 297 g/mol. The number of halogens is 2. The van der Waals surface area contributed by atoms with Gasteiger partial charge in [0.2, 0.25) is 5.91 Å². The zero-order valence-electron chi connectivity index (χ0n) is 11.6. The van der Waals surface area contributed by atoms with E-state index in [1.165, 1.54) is 6.08 Å². The highest BCUT2D eigenvalue weighted by molar-refractivity contribution is 6.34. The van der Waals surface area contributed by atoms with Crippen molar-refractivity contribution < 1.29 is 9.90 Å². The van der Waals surface area contributed by atoms with Crippen molar-refractivity contribution in [2.45, 2.75) is 26.3 Å². The molecule has 1 rings (SSSR count). The minimum Gasteiger partial charge on any atom is -0.394 e. The van der Waals surface area contributed by atoms with E-state index in [-0.39, 0.29) is 18.6 Å². The monoisotopic (exact) mass is 315 g/mol. The number of hydrogen-bond acceptors (Lipinski definition) is 2. The highest BCUT2D eigenvalue weighted by Gasteiger charge is 2.11. The fourth-order valence-electron chi connectivity index (χ4n) is 1.81. The van der Waals surface area contributed by atoms with Crippen molar-refractivity contribution in [1.82, 2.24) is 5.32 Å². The minimum absolute atomic E-state index is 0.0737. The lowest BCUT2D eigenvalue weighted by Crippen LogP contribution is -2.37. The highest BCUT2D eigenvalue weighted by atomic mass is 35.5. The summed E-state index contributed by atoms with van der Waals surface area (Å²) in [4.78, 5) is 11.8. The number of amides is 1. The van der Waals surface area contributed by atoms with Crippen LogP contribution in [0.25, 0.3) is 6.08 Å². The van der Waals surface area contributed by atoms with Crippen molar-refractivity contribution in [2.75, 3.05) is 6.61 Å². The van der Waals surface area contributed by atoms with Gasteiger partial charge in [-0.25, -0.2) is 0 Å². The van der Waals surface area contributed by atoms with E-state index in [4.69, 9.17) is 23.2 Å². The molecule has 0 bridgehead atoms. The number of aliphatic hydroxyl groups excluding tert-OH is 1. The van der Waals surface area contributed by atoms with Gasteiger partial charge in [0.15, 0.2) is 0 Å². The van der Waals surface area contributed by atoms with Crippen molar-refractivity contribution in [2.24, 2.45) is 5.92 Å². The van der Waals surface area contributed by atoms with Crippen molar-refractivity contribution in [3.05, 3.63) is 39.9 Å². The molecule has 0 saturated carbocycles. The number of carbonyl (C=O) groups is 1. The number of rotatable bonds is 6. The second-order valence-corrected chi connectivity index (χ2v) is 5.86. The first-order valence-electron chi connectivity index (χ1n) is 6.47. The molecule has 0 fully saturated rings. The van der Waals surface area contributed by atoms with Gasteiger partial charge in [-0.1, -0.05) is 37.0 Å². The van der Waals surface area contributed by atoms with Crippen LogP contribution in [0.5, 0.6) is 0 Å². The van der Waals surface area contributed by atoms with Gasteiger partial charge < -0.3 is 10.4 Å². The standard InChI is InChI=1S/C15H19Cl2NO2/c1-10(2)7-13(9-19)18-15(20)6-3-11-8-12(16)4-5-14(11)17/h3-6,8,10,13,19H,7,9H2,1-2H3,(H,18,20). The van der Waals surface area contributed by atoms with Crippen molar-refractivity contribution in [3.8, 4) is 0 Å². The lowest BCUT2D eigenvalue weighted by atomic mass is 10.0. The van der Waals surface area contributed by atoms with Crippen LogP contribution in [-0.4, -0.2) is 23.7 Å².